The first-order valence-electron chi connectivity index (χ1n) is 13.0. The number of morpholine rings is 1. The molecule has 0 spiro atoms. The largest absolute Gasteiger partial charge is 0.478 e. The van der Waals surface area contributed by atoms with Crippen molar-refractivity contribution in [2.24, 2.45) is 0 Å². The Labute approximate surface area is 227 Å². The number of aromatic carboxylic acids is 1. The van der Waals surface area contributed by atoms with Crippen LogP contribution in [-0.2, 0) is 30.8 Å². The van der Waals surface area contributed by atoms with Gasteiger partial charge in [-0.2, -0.15) is 0 Å². The molecule has 9 heteroatoms. The molecule has 2 aromatic heterocycles. The van der Waals surface area contributed by atoms with E-state index in [-0.39, 0.29) is 11.4 Å². The molecular formula is C30H32FN5O3. The minimum absolute atomic E-state index is 0.160. The van der Waals surface area contributed by atoms with Gasteiger partial charge in [-0.25, -0.2) is 14.2 Å². The van der Waals surface area contributed by atoms with Crippen molar-refractivity contribution in [3.8, 4) is 11.5 Å². The van der Waals surface area contributed by atoms with Crippen LogP contribution in [0.1, 0.15) is 27.2 Å². The van der Waals surface area contributed by atoms with Crippen LogP contribution in [0, 0.1) is 5.82 Å². The number of anilines is 1. The van der Waals surface area contributed by atoms with Gasteiger partial charge in [0.25, 0.3) is 0 Å². The van der Waals surface area contributed by atoms with Crippen LogP contribution in [0.2, 0.25) is 0 Å². The van der Waals surface area contributed by atoms with E-state index in [1.54, 1.807) is 18.2 Å². The lowest BCUT2D eigenvalue weighted by Crippen LogP contribution is -2.36. The first-order chi connectivity index (χ1) is 19.0. The van der Waals surface area contributed by atoms with Crippen LogP contribution in [0.25, 0.3) is 11.5 Å². The van der Waals surface area contributed by atoms with Gasteiger partial charge < -0.3 is 19.3 Å². The summed E-state index contributed by atoms with van der Waals surface area (Å²) in [5.74, 6) is -0.668. The Morgan fingerprint density at radius 3 is 2.44 bits per heavy atom. The summed E-state index contributed by atoms with van der Waals surface area (Å²) in [6.07, 6.45) is 3.99. The molecule has 3 heterocycles. The van der Waals surface area contributed by atoms with E-state index < -0.39 is 5.97 Å². The zero-order valence-electron chi connectivity index (χ0n) is 22.0. The fourth-order valence-corrected chi connectivity index (χ4v) is 4.85. The van der Waals surface area contributed by atoms with Gasteiger partial charge in [0.2, 0.25) is 0 Å². The molecule has 5 rings (SSSR count). The van der Waals surface area contributed by atoms with Crippen molar-refractivity contribution in [3.63, 3.8) is 0 Å². The Hall–Kier alpha value is -4.08. The number of carboxylic acids is 1. The lowest BCUT2D eigenvalue weighted by atomic mass is 10.1. The predicted molar refractivity (Wildman–Crippen MR) is 147 cm³/mol. The van der Waals surface area contributed by atoms with Crippen molar-refractivity contribution in [3.05, 3.63) is 101 Å². The number of ether oxygens (including phenoxy) is 1. The van der Waals surface area contributed by atoms with Gasteiger partial charge in [0, 0.05) is 44.6 Å². The molecule has 202 valence electrons. The Balaban J connectivity index is 1.33. The third kappa shape index (κ3) is 6.68. The minimum Gasteiger partial charge on any atom is -0.478 e. The highest BCUT2D eigenvalue weighted by Gasteiger charge is 2.17. The molecule has 39 heavy (non-hydrogen) atoms. The second-order valence-electron chi connectivity index (χ2n) is 9.77. The van der Waals surface area contributed by atoms with E-state index in [9.17, 15) is 14.3 Å². The quantitative estimate of drug-likeness (QED) is 0.324. The Bertz CT molecular complexity index is 1400. The normalized spacial score (nSPS) is 13.7. The third-order valence-corrected chi connectivity index (χ3v) is 6.91. The number of benzene rings is 2. The fourth-order valence-electron chi connectivity index (χ4n) is 4.85. The van der Waals surface area contributed by atoms with E-state index in [1.807, 2.05) is 6.20 Å². The van der Waals surface area contributed by atoms with E-state index in [0.717, 1.165) is 44.1 Å². The molecule has 1 aliphatic heterocycles. The van der Waals surface area contributed by atoms with E-state index in [2.05, 4.69) is 55.6 Å². The van der Waals surface area contributed by atoms with Crippen molar-refractivity contribution in [2.45, 2.75) is 26.1 Å². The number of nitrogens with zero attached hydrogens (tertiary/aromatic N) is 5. The summed E-state index contributed by atoms with van der Waals surface area (Å²) < 4.78 is 20.9. The van der Waals surface area contributed by atoms with Crippen LogP contribution in [0.3, 0.4) is 0 Å². The SMILES string of the molecule is CN(Cc1ccc(N2CCOCC2)cc1)Cc1cnc(-c2cc(C(=O)O)ccn2)n1CCc1ccc(F)cc1. The monoisotopic (exact) mass is 529 g/mol. The van der Waals surface area contributed by atoms with Gasteiger partial charge in [-0.05, 0) is 61.0 Å². The maximum absolute atomic E-state index is 13.4. The summed E-state index contributed by atoms with van der Waals surface area (Å²) in [4.78, 5) is 25.1. The molecule has 0 amide bonds. The topological polar surface area (TPSA) is 83.7 Å². The van der Waals surface area contributed by atoms with Gasteiger partial charge in [-0.1, -0.05) is 24.3 Å². The molecule has 4 aromatic rings. The molecule has 1 N–H and O–H groups in total. The molecule has 0 unspecified atom stereocenters. The van der Waals surface area contributed by atoms with Crippen molar-refractivity contribution >= 4 is 11.7 Å². The predicted octanol–water partition coefficient (Wildman–Crippen LogP) is 4.49. The maximum Gasteiger partial charge on any atom is 0.335 e. The van der Waals surface area contributed by atoms with Crippen molar-refractivity contribution in [2.75, 3.05) is 38.3 Å². The standard InChI is InChI=1S/C30H32FN5O3/c1-34(20-23-4-8-26(9-5-23)35-14-16-39-17-15-35)21-27-19-33-29(28-18-24(30(37)38)10-12-32-28)36(27)13-11-22-2-6-25(31)7-3-22/h2-10,12,18-19H,11,13-17,20-21H2,1H3,(H,37,38). The molecule has 8 nitrogen and oxygen atoms in total. The minimum atomic E-state index is -1.01. The number of aryl methyl sites for hydroxylation is 1. The van der Waals surface area contributed by atoms with Gasteiger partial charge in [0.05, 0.1) is 30.7 Å². The number of rotatable bonds is 10. The second kappa shape index (κ2) is 12.2. The number of carbonyl (C=O) groups is 1. The number of imidazole rings is 1. The van der Waals surface area contributed by atoms with Crippen LogP contribution in [0.4, 0.5) is 10.1 Å². The number of hydrogen-bond donors (Lipinski definition) is 1. The lowest BCUT2D eigenvalue weighted by Gasteiger charge is -2.29. The molecule has 2 aromatic carbocycles. The van der Waals surface area contributed by atoms with Gasteiger partial charge in [0.1, 0.15) is 11.5 Å². The lowest BCUT2D eigenvalue weighted by molar-refractivity contribution is 0.0696. The smallest absolute Gasteiger partial charge is 0.335 e. The molecular weight excluding hydrogens is 497 g/mol. The average Bonchev–Trinajstić information content (AvgIpc) is 3.35. The molecule has 0 atom stereocenters. The Morgan fingerprint density at radius 1 is 1.00 bits per heavy atom. The summed E-state index contributed by atoms with van der Waals surface area (Å²) >= 11 is 0. The van der Waals surface area contributed by atoms with Gasteiger partial charge in [-0.3, -0.25) is 9.88 Å². The highest BCUT2D eigenvalue weighted by Crippen LogP contribution is 2.22. The average molecular weight is 530 g/mol. The summed E-state index contributed by atoms with van der Waals surface area (Å²) in [7, 11) is 2.07. The van der Waals surface area contributed by atoms with Crippen molar-refractivity contribution < 1.29 is 19.0 Å². The van der Waals surface area contributed by atoms with Crippen LogP contribution >= 0.6 is 0 Å². The molecule has 0 radical (unpaired) electrons. The van der Waals surface area contributed by atoms with Crippen molar-refractivity contribution in [1.29, 1.82) is 0 Å². The number of carboxylic acid groups (broad SMARTS) is 1. The van der Waals surface area contributed by atoms with Gasteiger partial charge in [0.15, 0.2) is 5.82 Å². The van der Waals surface area contributed by atoms with Crippen LogP contribution < -0.4 is 4.90 Å². The third-order valence-electron chi connectivity index (χ3n) is 6.91. The highest BCUT2D eigenvalue weighted by molar-refractivity contribution is 5.88. The van der Waals surface area contributed by atoms with Gasteiger partial charge >= 0.3 is 5.97 Å². The number of halogens is 1. The second-order valence-corrected chi connectivity index (χ2v) is 9.77. The Morgan fingerprint density at radius 2 is 1.72 bits per heavy atom. The molecule has 1 saturated heterocycles. The summed E-state index contributed by atoms with van der Waals surface area (Å²) in [6.45, 7) is 5.34. The van der Waals surface area contributed by atoms with Gasteiger partial charge in [-0.15, -0.1) is 0 Å². The van der Waals surface area contributed by atoms with Crippen LogP contribution in [0.15, 0.2) is 73.1 Å². The number of hydrogen-bond acceptors (Lipinski definition) is 6. The highest BCUT2D eigenvalue weighted by atomic mass is 19.1. The van der Waals surface area contributed by atoms with E-state index in [0.29, 0.717) is 31.0 Å². The van der Waals surface area contributed by atoms with E-state index in [1.165, 1.54) is 35.6 Å². The maximum atomic E-state index is 13.4. The fraction of sp³-hybridized carbons (Fsp3) is 0.300. The van der Waals surface area contributed by atoms with Crippen LogP contribution in [-0.4, -0.2) is 63.9 Å². The first kappa shape index (κ1) is 26.5. The summed E-state index contributed by atoms with van der Waals surface area (Å²) in [6, 6.07) is 18.2. The molecule has 0 bridgehead atoms. The summed E-state index contributed by atoms with van der Waals surface area (Å²) in [5.41, 5.74) is 5.08. The zero-order chi connectivity index (χ0) is 27.2. The Kier molecular flexibility index (Phi) is 8.29. The zero-order valence-corrected chi connectivity index (χ0v) is 22.0. The first-order valence-corrected chi connectivity index (χ1v) is 13.0. The molecule has 1 fully saturated rings. The molecule has 1 aliphatic rings. The molecule has 0 saturated carbocycles. The number of aromatic nitrogens is 3. The summed E-state index contributed by atoms with van der Waals surface area (Å²) in [5, 5.41) is 9.45. The molecule has 0 aliphatic carbocycles. The van der Waals surface area contributed by atoms with Crippen LogP contribution in [0.5, 0.6) is 0 Å². The number of pyridine rings is 1. The van der Waals surface area contributed by atoms with E-state index >= 15 is 0 Å². The van der Waals surface area contributed by atoms with E-state index in [4.69, 9.17) is 4.74 Å². The van der Waals surface area contributed by atoms with Crippen molar-refractivity contribution in [1.82, 2.24) is 19.4 Å².